The molecule has 0 saturated heterocycles. The zero-order valence-corrected chi connectivity index (χ0v) is 18.1. The number of aryl methyl sites for hydroxylation is 2. The molecule has 3 aromatic rings. The summed E-state index contributed by atoms with van der Waals surface area (Å²) in [5.74, 6) is -1.72. The molecule has 0 spiro atoms. The SMILES string of the molecule is CCOC(=O)c1c(NC(=O)COC(=O)c2cn3c(C)cccc3n2)sc(C)c1CC. The van der Waals surface area contributed by atoms with E-state index in [1.165, 1.54) is 11.3 Å². The van der Waals surface area contributed by atoms with Crippen molar-refractivity contribution in [1.29, 1.82) is 0 Å². The number of thiophene rings is 1. The monoisotopic (exact) mass is 429 g/mol. The molecule has 0 saturated carbocycles. The molecular formula is C21H23N3O5S. The molecule has 3 aromatic heterocycles. The van der Waals surface area contributed by atoms with Crippen molar-refractivity contribution >= 4 is 39.8 Å². The van der Waals surface area contributed by atoms with Gasteiger partial charge in [0.1, 0.15) is 10.6 Å². The number of esters is 2. The highest BCUT2D eigenvalue weighted by Gasteiger charge is 2.24. The fraction of sp³-hybridized carbons (Fsp3) is 0.333. The van der Waals surface area contributed by atoms with Gasteiger partial charge in [-0.25, -0.2) is 14.6 Å². The van der Waals surface area contributed by atoms with Crippen LogP contribution in [0.5, 0.6) is 0 Å². The van der Waals surface area contributed by atoms with Gasteiger partial charge >= 0.3 is 11.9 Å². The Kier molecular flexibility index (Phi) is 6.51. The fourth-order valence-corrected chi connectivity index (χ4v) is 4.28. The van der Waals surface area contributed by atoms with Crippen molar-refractivity contribution in [2.45, 2.75) is 34.1 Å². The summed E-state index contributed by atoms with van der Waals surface area (Å²) in [7, 11) is 0. The number of fused-ring (bicyclic) bond motifs is 1. The molecule has 0 bridgehead atoms. The van der Waals surface area contributed by atoms with Crippen molar-refractivity contribution in [3.63, 3.8) is 0 Å². The fourth-order valence-electron chi connectivity index (χ4n) is 3.13. The zero-order valence-electron chi connectivity index (χ0n) is 17.3. The molecule has 30 heavy (non-hydrogen) atoms. The first-order valence-electron chi connectivity index (χ1n) is 9.56. The van der Waals surface area contributed by atoms with Gasteiger partial charge in [0.05, 0.1) is 12.2 Å². The molecule has 8 nitrogen and oxygen atoms in total. The number of imidazole rings is 1. The quantitative estimate of drug-likeness (QED) is 0.577. The van der Waals surface area contributed by atoms with Crippen LogP contribution in [-0.4, -0.2) is 40.4 Å². The van der Waals surface area contributed by atoms with Crippen molar-refractivity contribution < 1.29 is 23.9 Å². The summed E-state index contributed by atoms with van der Waals surface area (Å²) >= 11 is 1.29. The Labute approximate surface area is 177 Å². The number of aromatic nitrogens is 2. The number of rotatable bonds is 7. The molecule has 3 rings (SSSR count). The van der Waals surface area contributed by atoms with Gasteiger partial charge in [0.15, 0.2) is 12.3 Å². The lowest BCUT2D eigenvalue weighted by molar-refractivity contribution is -0.119. The molecule has 0 unspecified atom stereocenters. The summed E-state index contributed by atoms with van der Waals surface area (Å²) in [5.41, 5.74) is 2.85. The Bertz CT molecular complexity index is 1120. The third-order valence-electron chi connectivity index (χ3n) is 4.53. The Balaban J connectivity index is 1.69. The molecular weight excluding hydrogens is 406 g/mol. The number of hydrogen-bond donors (Lipinski definition) is 1. The van der Waals surface area contributed by atoms with E-state index in [1.807, 2.05) is 32.9 Å². The minimum absolute atomic E-state index is 0.115. The van der Waals surface area contributed by atoms with Crippen molar-refractivity contribution in [2.24, 2.45) is 0 Å². The van der Waals surface area contributed by atoms with E-state index in [4.69, 9.17) is 9.47 Å². The highest BCUT2D eigenvalue weighted by molar-refractivity contribution is 7.16. The molecule has 0 aromatic carbocycles. The van der Waals surface area contributed by atoms with Gasteiger partial charge in [-0.3, -0.25) is 4.79 Å². The van der Waals surface area contributed by atoms with Crippen molar-refractivity contribution in [3.05, 3.63) is 51.8 Å². The van der Waals surface area contributed by atoms with Crippen LogP contribution in [0.25, 0.3) is 5.65 Å². The normalized spacial score (nSPS) is 10.8. The van der Waals surface area contributed by atoms with Crippen LogP contribution in [-0.2, 0) is 20.7 Å². The maximum Gasteiger partial charge on any atom is 0.359 e. The minimum Gasteiger partial charge on any atom is -0.462 e. The topological polar surface area (TPSA) is 99.0 Å². The Morgan fingerprint density at radius 3 is 2.57 bits per heavy atom. The third kappa shape index (κ3) is 4.35. The number of pyridine rings is 1. The molecule has 3 heterocycles. The van der Waals surface area contributed by atoms with Crippen molar-refractivity contribution in [1.82, 2.24) is 9.38 Å². The van der Waals surface area contributed by atoms with Gasteiger partial charge < -0.3 is 19.2 Å². The van der Waals surface area contributed by atoms with E-state index in [2.05, 4.69) is 10.3 Å². The molecule has 0 fully saturated rings. The van der Waals surface area contributed by atoms with Crippen LogP contribution < -0.4 is 5.32 Å². The number of amides is 1. The van der Waals surface area contributed by atoms with Crippen LogP contribution in [0.15, 0.2) is 24.4 Å². The smallest absolute Gasteiger partial charge is 0.359 e. The highest BCUT2D eigenvalue weighted by Crippen LogP contribution is 2.34. The first kappa shape index (κ1) is 21.5. The summed E-state index contributed by atoms with van der Waals surface area (Å²) < 4.78 is 12.0. The predicted octanol–water partition coefficient (Wildman–Crippen LogP) is 3.55. The van der Waals surface area contributed by atoms with E-state index < -0.39 is 24.5 Å². The van der Waals surface area contributed by atoms with E-state index in [-0.39, 0.29) is 12.3 Å². The van der Waals surface area contributed by atoms with Gasteiger partial charge in [-0.2, -0.15) is 0 Å². The first-order valence-corrected chi connectivity index (χ1v) is 10.4. The van der Waals surface area contributed by atoms with Crippen LogP contribution in [0.1, 0.15) is 50.8 Å². The van der Waals surface area contributed by atoms with E-state index >= 15 is 0 Å². The van der Waals surface area contributed by atoms with Gasteiger partial charge in [-0.1, -0.05) is 13.0 Å². The molecule has 9 heteroatoms. The second kappa shape index (κ2) is 9.08. The summed E-state index contributed by atoms with van der Waals surface area (Å²) in [6, 6.07) is 5.51. The van der Waals surface area contributed by atoms with Gasteiger partial charge in [0.2, 0.25) is 0 Å². The number of anilines is 1. The second-order valence-electron chi connectivity index (χ2n) is 6.56. The zero-order chi connectivity index (χ0) is 21.8. The Morgan fingerprint density at radius 1 is 1.13 bits per heavy atom. The average Bonchev–Trinajstić information content (AvgIpc) is 3.28. The molecule has 0 radical (unpaired) electrons. The van der Waals surface area contributed by atoms with Crippen molar-refractivity contribution in [3.8, 4) is 0 Å². The summed E-state index contributed by atoms with van der Waals surface area (Å²) in [4.78, 5) is 42.1. The lowest BCUT2D eigenvalue weighted by atomic mass is 10.1. The largest absolute Gasteiger partial charge is 0.462 e. The standard InChI is InChI=1S/C21H23N3O5S/c1-5-14-13(4)30-19(18(14)21(27)28-6-2)23-17(25)11-29-20(26)15-10-24-12(3)8-7-9-16(24)22-15/h7-10H,5-6,11H2,1-4H3,(H,23,25). The van der Waals surface area contributed by atoms with E-state index in [1.54, 1.807) is 23.6 Å². The van der Waals surface area contributed by atoms with Crippen molar-refractivity contribution in [2.75, 3.05) is 18.5 Å². The van der Waals surface area contributed by atoms with Crippen LogP contribution in [0, 0.1) is 13.8 Å². The number of ether oxygens (including phenoxy) is 2. The molecule has 0 atom stereocenters. The van der Waals surface area contributed by atoms with E-state index in [0.29, 0.717) is 22.6 Å². The average molecular weight is 429 g/mol. The summed E-state index contributed by atoms with van der Waals surface area (Å²) in [6.07, 6.45) is 2.20. The third-order valence-corrected chi connectivity index (χ3v) is 5.60. The number of nitrogens with zero attached hydrogens (tertiary/aromatic N) is 2. The number of hydrogen-bond acceptors (Lipinski definition) is 7. The van der Waals surface area contributed by atoms with Gasteiger partial charge in [0, 0.05) is 16.8 Å². The number of carbonyl (C=O) groups excluding carboxylic acids is 3. The first-order chi connectivity index (χ1) is 14.3. The number of nitrogens with one attached hydrogen (secondary N) is 1. The van der Waals surface area contributed by atoms with Crippen LogP contribution in [0.2, 0.25) is 0 Å². The Morgan fingerprint density at radius 2 is 1.90 bits per heavy atom. The predicted molar refractivity (Wildman–Crippen MR) is 113 cm³/mol. The molecule has 158 valence electrons. The highest BCUT2D eigenvalue weighted by atomic mass is 32.1. The Hall–Kier alpha value is -3.20. The second-order valence-corrected chi connectivity index (χ2v) is 7.79. The minimum atomic E-state index is -0.699. The lowest BCUT2D eigenvalue weighted by Crippen LogP contribution is -2.22. The number of carbonyl (C=O) groups is 3. The maximum atomic E-state index is 12.4. The van der Waals surface area contributed by atoms with E-state index in [9.17, 15) is 14.4 Å². The van der Waals surface area contributed by atoms with Gasteiger partial charge in [0.25, 0.3) is 5.91 Å². The maximum absolute atomic E-state index is 12.4. The van der Waals surface area contributed by atoms with Crippen LogP contribution >= 0.6 is 11.3 Å². The molecule has 1 N–H and O–H groups in total. The molecule has 0 aliphatic carbocycles. The molecule has 1 amide bonds. The van der Waals surface area contributed by atoms with Crippen LogP contribution in [0.4, 0.5) is 5.00 Å². The lowest BCUT2D eigenvalue weighted by Gasteiger charge is -2.08. The van der Waals surface area contributed by atoms with Gasteiger partial charge in [-0.15, -0.1) is 11.3 Å². The van der Waals surface area contributed by atoms with E-state index in [0.717, 1.165) is 16.1 Å². The summed E-state index contributed by atoms with van der Waals surface area (Å²) in [5, 5.41) is 3.06. The molecule has 0 aliphatic heterocycles. The summed E-state index contributed by atoms with van der Waals surface area (Å²) in [6.45, 7) is 7.18. The van der Waals surface area contributed by atoms with Gasteiger partial charge in [-0.05, 0) is 44.9 Å². The molecule has 0 aliphatic rings. The van der Waals surface area contributed by atoms with Crippen LogP contribution in [0.3, 0.4) is 0 Å².